The van der Waals surface area contributed by atoms with Gasteiger partial charge in [0, 0.05) is 92.3 Å². The first-order valence-electron chi connectivity index (χ1n) is 22.8. The van der Waals surface area contributed by atoms with E-state index in [4.69, 9.17) is 19.4 Å². The zero-order valence-corrected chi connectivity index (χ0v) is 40.1. The molecule has 0 spiro atoms. The molecule has 3 aliphatic heterocycles. The molecule has 0 saturated carbocycles. The number of benzene rings is 1. The van der Waals surface area contributed by atoms with Gasteiger partial charge in [0.05, 0.1) is 34.8 Å². The van der Waals surface area contributed by atoms with Crippen LogP contribution in [-0.4, -0.2) is 137 Å². The highest BCUT2D eigenvalue weighted by molar-refractivity contribution is 7.10. The van der Waals surface area contributed by atoms with E-state index in [0.717, 1.165) is 64.1 Å². The van der Waals surface area contributed by atoms with Crippen molar-refractivity contribution >= 4 is 46.1 Å². The van der Waals surface area contributed by atoms with Gasteiger partial charge < -0.3 is 34.1 Å². The summed E-state index contributed by atoms with van der Waals surface area (Å²) in [6.07, 6.45) is 5.40. The summed E-state index contributed by atoms with van der Waals surface area (Å²) in [5.41, 5.74) is 9.40. The van der Waals surface area contributed by atoms with Gasteiger partial charge in [0.2, 0.25) is 5.91 Å². The van der Waals surface area contributed by atoms with Crippen molar-refractivity contribution in [2.45, 2.75) is 117 Å². The van der Waals surface area contributed by atoms with E-state index in [1.165, 1.54) is 21.2 Å². The number of pyridine rings is 1. The number of cyclic esters (lactones) is 1. The van der Waals surface area contributed by atoms with E-state index < -0.39 is 35.4 Å². The van der Waals surface area contributed by atoms with Gasteiger partial charge in [0.25, 0.3) is 5.91 Å². The summed E-state index contributed by atoms with van der Waals surface area (Å²) in [6, 6.07) is 7.81. The monoisotopic (exact) mass is 897 g/mol. The molecule has 5 atom stereocenters. The van der Waals surface area contributed by atoms with Crippen LogP contribution in [0.3, 0.4) is 0 Å². The first kappa shape index (κ1) is 47.1. The fourth-order valence-corrected chi connectivity index (χ4v) is 10.6. The largest absolute Gasteiger partial charge is 0.464 e. The van der Waals surface area contributed by atoms with Crippen LogP contribution in [0.5, 0.6) is 0 Å². The number of nitrogens with one attached hydrogen (secondary N) is 2. The Morgan fingerprint density at radius 3 is 2.58 bits per heavy atom. The minimum Gasteiger partial charge on any atom is -0.464 e. The predicted octanol–water partition coefficient (Wildman–Crippen LogP) is 6.30. The van der Waals surface area contributed by atoms with E-state index in [-0.39, 0.29) is 43.0 Å². The van der Waals surface area contributed by atoms with Gasteiger partial charge in [-0.15, -0.1) is 11.3 Å². The number of esters is 1. The fraction of sp³-hybridized carbons (Fsp3) is 0.583. The van der Waals surface area contributed by atoms with E-state index in [0.29, 0.717) is 43.9 Å². The van der Waals surface area contributed by atoms with Crippen LogP contribution in [0.2, 0.25) is 0 Å². The van der Waals surface area contributed by atoms with Crippen LogP contribution in [0.4, 0.5) is 4.79 Å². The average Bonchev–Trinajstić information content (AvgIpc) is 4.00. The third-order valence-corrected chi connectivity index (χ3v) is 14.1. The van der Waals surface area contributed by atoms with Crippen molar-refractivity contribution < 1.29 is 28.7 Å². The molecule has 7 rings (SSSR count). The van der Waals surface area contributed by atoms with Gasteiger partial charge in [0.15, 0.2) is 0 Å². The van der Waals surface area contributed by atoms with Crippen LogP contribution < -0.4 is 10.7 Å². The second-order valence-electron chi connectivity index (χ2n) is 19.0. The lowest BCUT2D eigenvalue weighted by Gasteiger charge is -2.37. The summed E-state index contributed by atoms with van der Waals surface area (Å²) in [5, 5.41) is 8.23. The number of thiazole rings is 1. The Bertz CT molecular complexity index is 2340. The number of aromatic nitrogens is 3. The smallest absolute Gasteiger partial charge is 0.324 e. The molecule has 2 fully saturated rings. The summed E-state index contributed by atoms with van der Waals surface area (Å²) in [5.74, 6) is -1.52. The number of urea groups is 1. The summed E-state index contributed by atoms with van der Waals surface area (Å²) < 4.78 is 14.3. The Labute approximate surface area is 381 Å². The van der Waals surface area contributed by atoms with E-state index >= 15 is 0 Å². The second kappa shape index (κ2) is 19.7. The summed E-state index contributed by atoms with van der Waals surface area (Å²) >= 11 is 1.43. The number of carbonyl (C=O) groups is 4. The number of likely N-dealkylation sites (tertiary alicyclic amines) is 1. The number of hydrogen-bond acceptors (Lipinski definition) is 11. The van der Waals surface area contributed by atoms with Gasteiger partial charge in [-0.25, -0.2) is 15.2 Å². The van der Waals surface area contributed by atoms with Crippen molar-refractivity contribution in [2.75, 3.05) is 54.5 Å². The number of amides is 4. The number of aryl methyl sites for hydroxylation is 1. The molecule has 1 aromatic carbocycles. The number of carbonyl (C=O) groups excluding carboxylic acids is 4. The second-order valence-corrected chi connectivity index (χ2v) is 20.0. The van der Waals surface area contributed by atoms with Crippen LogP contribution in [0.25, 0.3) is 33.4 Å². The Kier molecular flexibility index (Phi) is 14.5. The molecule has 16 heteroatoms. The number of ether oxygens (including phenoxy) is 2. The average molecular weight is 898 g/mol. The maximum atomic E-state index is 14.6. The molecule has 6 bridgehead atoms. The summed E-state index contributed by atoms with van der Waals surface area (Å²) in [7, 11) is 7.19. The highest BCUT2D eigenvalue weighted by Gasteiger charge is 2.39. The molecule has 346 valence electrons. The maximum Gasteiger partial charge on any atom is 0.324 e. The number of rotatable bonds is 10. The Hall–Kier alpha value is -4.90. The summed E-state index contributed by atoms with van der Waals surface area (Å²) in [4.78, 5) is 72.1. The lowest BCUT2D eigenvalue weighted by molar-refractivity contribution is -0.155. The van der Waals surface area contributed by atoms with Gasteiger partial charge in [-0.1, -0.05) is 33.8 Å². The molecule has 15 nitrogen and oxygen atoms in total. The molecular weight excluding hydrogens is 831 g/mol. The minimum atomic E-state index is -1.04. The van der Waals surface area contributed by atoms with Gasteiger partial charge in [-0.3, -0.25) is 24.4 Å². The molecule has 3 aromatic heterocycles. The van der Waals surface area contributed by atoms with Crippen molar-refractivity contribution in [1.29, 1.82) is 0 Å². The molecule has 0 radical (unpaired) electrons. The van der Waals surface area contributed by atoms with Crippen molar-refractivity contribution in [1.82, 2.24) is 45.0 Å². The molecule has 0 aliphatic carbocycles. The zero-order chi connectivity index (χ0) is 46.0. The van der Waals surface area contributed by atoms with Crippen LogP contribution in [0, 0.1) is 11.3 Å². The third-order valence-electron chi connectivity index (χ3n) is 13.3. The van der Waals surface area contributed by atoms with E-state index in [1.807, 2.05) is 32.2 Å². The van der Waals surface area contributed by atoms with Crippen LogP contribution in [-0.2, 0) is 43.2 Å². The first-order chi connectivity index (χ1) is 30.5. The van der Waals surface area contributed by atoms with E-state index in [9.17, 15) is 19.2 Å². The number of methoxy groups -OCH3 is 1. The van der Waals surface area contributed by atoms with Gasteiger partial charge in [-0.2, -0.15) is 0 Å². The van der Waals surface area contributed by atoms with Crippen molar-refractivity contribution in [3.05, 3.63) is 58.2 Å². The molecule has 3 aliphatic rings. The highest BCUT2D eigenvalue weighted by atomic mass is 32.1. The maximum absolute atomic E-state index is 14.6. The third kappa shape index (κ3) is 9.85. The van der Waals surface area contributed by atoms with E-state index in [1.54, 1.807) is 32.3 Å². The molecule has 2 saturated heterocycles. The lowest BCUT2D eigenvalue weighted by Crippen LogP contribution is -2.62. The zero-order valence-electron chi connectivity index (χ0n) is 39.3. The molecule has 4 aromatic rings. The number of fused-ring (bicyclic) bond motifs is 6. The number of hydrogen-bond donors (Lipinski definition) is 2. The van der Waals surface area contributed by atoms with Crippen LogP contribution in [0.1, 0.15) is 89.6 Å². The molecule has 6 heterocycles. The van der Waals surface area contributed by atoms with E-state index in [2.05, 4.69) is 72.3 Å². The van der Waals surface area contributed by atoms with Crippen LogP contribution >= 0.6 is 11.3 Å². The number of hydrazine groups is 1. The molecule has 4 amide bonds. The van der Waals surface area contributed by atoms with Crippen molar-refractivity contribution in [3.8, 4) is 22.5 Å². The fourth-order valence-electron chi connectivity index (χ4n) is 9.74. The molecular formula is C48H67N9O6S. The van der Waals surface area contributed by atoms with Gasteiger partial charge in [-0.05, 0) is 95.3 Å². The Morgan fingerprint density at radius 1 is 1.11 bits per heavy atom. The van der Waals surface area contributed by atoms with Crippen molar-refractivity contribution in [2.24, 2.45) is 11.3 Å². The molecule has 64 heavy (non-hydrogen) atoms. The SMILES string of the molecule is CCn1c(-c2cccnc2[C@H](C)OC)c2c3cc(ccc31)-c1csc(n1)C[C@H](NC(=O)[C@H](C(C)C)N(C)C(=O)N(C)C[C@@H]1CCCN1C)C(=O)N1CCC[C@H](N1)C(=O)OCC(C)(C)C2. The normalized spacial score (nSPS) is 21.7. The number of nitrogens with zero attached hydrogens (tertiary/aromatic N) is 7. The van der Waals surface area contributed by atoms with Gasteiger partial charge in [0.1, 0.15) is 18.1 Å². The highest BCUT2D eigenvalue weighted by Crippen LogP contribution is 2.42. The Morgan fingerprint density at radius 2 is 1.88 bits per heavy atom. The number of likely N-dealkylation sites (N-methyl/N-ethyl adjacent to an activating group) is 3. The van der Waals surface area contributed by atoms with Crippen molar-refractivity contribution in [3.63, 3.8) is 0 Å². The quantitative estimate of drug-likeness (QED) is 0.173. The lowest BCUT2D eigenvalue weighted by atomic mass is 9.84. The Balaban J connectivity index is 1.26. The minimum absolute atomic E-state index is 0.110. The standard InChI is InChI=1S/C48H67N9O6S/c1-11-56-39-19-18-31-23-34(39)35(43(56)33-16-12-20-49-41(33)30(4)62-10)25-48(5,6)28-63-46(60)36-17-14-22-57(52-36)45(59)37(24-40-50-38(31)27-64-40)51-44(58)42(29(2)3)55(9)47(61)54(8)26-32-15-13-21-53(32)7/h12,16,18-20,23,27,29-30,32,36-37,42,52H,11,13-15,17,21-22,24-26,28H2,1-10H3,(H,51,58)/t30-,32-,36-,37-,42-/m0/s1. The van der Waals surface area contributed by atoms with Crippen LogP contribution in [0.15, 0.2) is 41.9 Å². The molecule has 2 N–H and O–H groups in total. The predicted molar refractivity (Wildman–Crippen MR) is 249 cm³/mol. The topological polar surface area (TPSA) is 154 Å². The summed E-state index contributed by atoms with van der Waals surface area (Å²) in [6.45, 7) is 14.9. The molecule has 0 unspecified atom stereocenters. The van der Waals surface area contributed by atoms with Gasteiger partial charge >= 0.3 is 12.0 Å². The first-order valence-corrected chi connectivity index (χ1v) is 23.7.